The number of rotatable bonds is 5. The van der Waals surface area contributed by atoms with Gasteiger partial charge in [-0.2, -0.15) is 0 Å². The third-order valence-electron chi connectivity index (χ3n) is 9.09. The molecular weight excluding hydrogens is 572 g/mol. The van der Waals surface area contributed by atoms with Crippen molar-refractivity contribution in [2.75, 3.05) is 0 Å². The Morgan fingerprint density at radius 2 is 0.830 bits per heavy atom. The minimum absolute atomic E-state index is 0.0964. The van der Waals surface area contributed by atoms with E-state index in [1.54, 1.807) is 0 Å². The topological polar surface area (TPSA) is 38.9 Å². The zero-order valence-corrected chi connectivity index (χ0v) is 26.7. The van der Waals surface area contributed by atoms with Gasteiger partial charge in [0.2, 0.25) is 11.8 Å². The Bertz CT molecular complexity index is 2350. The minimum Gasteiger partial charge on any atom is -0.416 e. The molecule has 0 aliphatic heterocycles. The van der Waals surface area contributed by atoms with Crippen LogP contribution in [0.3, 0.4) is 0 Å². The van der Waals surface area contributed by atoms with Crippen molar-refractivity contribution in [2.45, 2.75) is 26.2 Å². The van der Waals surface area contributed by atoms with Crippen LogP contribution in [-0.4, -0.2) is 10.2 Å². The molecule has 8 aromatic rings. The van der Waals surface area contributed by atoms with E-state index >= 15 is 0 Å². The van der Waals surface area contributed by atoms with Gasteiger partial charge in [-0.15, -0.1) is 10.2 Å². The van der Waals surface area contributed by atoms with E-state index < -0.39 is 0 Å². The normalized spacial score (nSPS) is 11.7. The van der Waals surface area contributed by atoms with Crippen molar-refractivity contribution in [1.82, 2.24) is 10.2 Å². The molecular formula is C44H34N2O. The van der Waals surface area contributed by atoms with E-state index in [0.717, 1.165) is 22.3 Å². The number of hydrogen-bond donors (Lipinski definition) is 0. The maximum absolute atomic E-state index is 6.06. The van der Waals surface area contributed by atoms with E-state index in [-0.39, 0.29) is 5.41 Å². The lowest BCUT2D eigenvalue weighted by Gasteiger charge is -2.18. The van der Waals surface area contributed by atoms with Gasteiger partial charge in [0.15, 0.2) is 0 Å². The van der Waals surface area contributed by atoms with E-state index in [9.17, 15) is 0 Å². The fourth-order valence-corrected chi connectivity index (χ4v) is 6.46. The fraction of sp³-hybridized carbons (Fsp3) is 0.0909. The van der Waals surface area contributed by atoms with Gasteiger partial charge in [-0.05, 0) is 90.2 Å². The van der Waals surface area contributed by atoms with Crippen LogP contribution >= 0.6 is 0 Å². The maximum atomic E-state index is 6.06. The summed E-state index contributed by atoms with van der Waals surface area (Å²) in [6.07, 6.45) is 0. The number of fused-ring (bicyclic) bond motifs is 2. The van der Waals surface area contributed by atoms with E-state index in [2.05, 4.69) is 158 Å². The Kier molecular flexibility index (Phi) is 7.03. The molecule has 0 unspecified atom stereocenters. The van der Waals surface area contributed by atoms with Crippen LogP contribution in [0.4, 0.5) is 0 Å². The monoisotopic (exact) mass is 606 g/mol. The van der Waals surface area contributed by atoms with Gasteiger partial charge in [-0.3, -0.25) is 0 Å². The van der Waals surface area contributed by atoms with Crippen molar-refractivity contribution >= 4 is 21.5 Å². The smallest absolute Gasteiger partial charge is 0.248 e. The Labute approximate surface area is 275 Å². The third-order valence-corrected chi connectivity index (χ3v) is 9.09. The molecule has 8 rings (SSSR count). The highest BCUT2D eigenvalue weighted by Gasteiger charge is 2.16. The first kappa shape index (κ1) is 28.7. The molecule has 0 aliphatic rings. The van der Waals surface area contributed by atoms with Gasteiger partial charge in [0, 0.05) is 11.1 Å². The SMILES string of the molecule is CC(C)(C)c1ccc(-c2nnc(-c3ccc(-c4ccc(-c5ccc(-c6cccc7ccccc67)c6ccccc56)cc4)cc3)o2)cc1. The lowest BCUT2D eigenvalue weighted by Crippen LogP contribution is -2.10. The Hall–Kier alpha value is -5.80. The fourth-order valence-electron chi connectivity index (χ4n) is 6.46. The quantitative estimate of drug-likeness (QED) is 0.196. The molecule has 226 valence electrons. The molecule has 47 heavy (non-hydrogen) atoms. The summed E-state index contributed by atoms with van der Waals surface area (Å²) in [5.41, 5.74) is 10.4. The summed E-state index contributed by atoms with van der Waals surface area (Å²) in [6, 6.07) is 53.9. The summed E-state index contributed by atoms with van der Waals surface area (Å²) in [6.45, 7) is 6.62. The van der Waals surface area contributed by atoms with Crippen LogP contribution in [0.15, 0.2) is 156 Å². The Morgan fingerprint density at radius 3 is 1.45 bits per heavy atom. The molecule has 0 spiro atoms. The van der Waals surface area contributed by atoms with Crippen LogP contribution in [0.5, 0.6) is 0 Å². The van der Waals surface area contributed by atoms with Gasteiger partial charge in [0.1, 0.15) is 0 Å². The minimum atomic E-state index is 0.0964. The van der Waals surface area contributed by atoms with Crippen molar-refractivity contribution in [3.05, 3.63) is 157 Å². The highest BCUT2D eigenvalue weighted by atomic mass is 16.4. The summed E-state index contributed by atoms with van der Waals surface area (Å²) in [5.74, 6) is 1.04. The molecule has 0 saturated carbocycles. The second kappa shape index (κ2) is 11.5. The molecule has 0 bridgehead atoms. The molecule has 3 nitrogen and oxygen atoms in total. The van der Waals surface area contributed by atoms with Gasteiger partial charge in [-0.25, -0.2) is 0 Å². The van der Waals surface area contributed by atoms with Gasteiger partial charge in [0.25, 0.3) is 0 Å². The molecule has 1 aromatic heterocycles. The van der Waals surface area contributed by atoms with Crippen LogP contribution < -0.4 is 0 Å². The van der Waals surface area contributed by atoms with E-state index in [1.165, 1.54) is 49.4 Å². The average molecular weight is 607 g/mol. The van der Waals surface area contributed by atoms with E-state index in [0.29, 0.717) is 11.8 Å². The molecule has 0 aliphatic carbocycles. The van der Waals surface area contributed by atoms with Gasteiger partial charge in [0.05, 0.1) is 0 Å². The first-order valence-corrected chi connectivity index (χ1v) is 16.1. The average Bonchev–Trinajstić information content (AvgIpc) is 3.62. The molecule has 1 heterocycles. The number of nitrogens with zero attached hydrogens (tertiary/aromatic N) is 2. The Morgan fingerprint density at radius 1 is 0.383 bits per heavy atom. The number of hydrogen-bond acceptors (Lipinski definition) is 3. The van der Waals surface area contributed by atoms with Crippen LogP contribution in [0, 0.1) is 0 Å². The van der Waals surface area contributed by atoms with Crippen LogP contribution in [0.2, 0.25) is 0 Å². The number of aromatic nitrogens is 2. The number of benzene rings is 7. The summed E-state index contributed by atoms with van der Waals surface area (Å²) in [4.78, 5) is 0. The molecule has 0 radical (unpaired) electrons. The molecule has 3 heteroatoms. The summed E-state index contributed by atoms with van der Waals surface area (Å²) < 4.78 is 6.06. The van der Waals surface area contributed by atoms with Gasteiger partial charge < -0.3 is 4.42 Å². The largest absolute Gasteiger partial charge is 0.416 e. The lowest BCUT2D eigenvalue weighted by molar-refractivity contribution is 0.582. The van der Waals surface area contributed by atoms with Crippen LogP contribution in [0.1, 0.15) is 26.3 Å². The second-order valence-corrected chi connectivity index (χ2v) is 13.1. The first-order chi connectivity index (χ1) is 22.9. The summed E-state index contributed by atoms with van der Waals surface area (Å²) in [5, 5.41) is 13.7. The van der Waals surface area contributed by atoms with Crippen LogP contribution in [-0.2, 0) is 5.41 Å². The van der Waals surface area contributed by atoms with Crippen molar-refractivity contribution < 1.29 is 4.42 Å². The van der Waals surface area contributed by atoms with Gasteiger partial charge in [-0.1, -0.05) is 148 Å². The van der Waals surface area contributed by atoms with E-state index in [4.69, 9.17) is 4.42 Å². The molecule has 0 N–H and O–H groups in total. The predicted octanol–water partition coefficient (Wildman–Crippen LogP) is 12.0. The summed E-state index contributed by atoms with van der Waals surface area (Å²) in [7, 11) is 0. The lowest BCUT2D eigenvalue weighted by atomic mass is 9.87. The first-order valence-electron chi connectivity index (χ1n) is 16.1. The van der Waals surface area contributed by atoms with Crippen LogP contribution in [0.25, 0.3) is 77.8 Å². The van der Waals surface area contributed by atoms with E-state index in [1.807, 2.05) is 24.3 Å². The standard InChI is InChI=1S/C44H34N2O/c1-44(2,3)35-25-23-34(24-26-35)43-46-45-42(47-43)33-21-17-30(18-22-33)29-15-19-32(20-16-29)37-27-28-41(40-13-7-6-12-38(37)40)39-14-8-10-31-9-4-5-11-36(31)39/h4-28H,1-3H3. The highest BCUT2D eigenvalue weighted by molar-refractivity contribution is 6.09. The molecule has 0 fully saturated rings. The van der Waals surface area contributed by atoms with Gasteiger partial charge >= 0.3 is 0 Å². The summed E-state index contributed by atoms with van der Waals surface area (Å²) >= 11 is 0. The molecule has 0 saturated heterocycles. The zero-order valence-electron chi connectivity index (χ0n) is 26.7. The van der Waals surface area contributed by atoms with Crippen molar-refractivity contribution in [3.8, 4) is 56.3 Å². The maximum Gasteiger partial charge on any atom is 0.248 e. The van der Waals surface area contributed by atoms with Crippen molar-refractivity contribution in [3.63, 3.8) is 0 Å². The molecule has 7 aromatic carbocycles. The second-order valence-electron chi connectivity index (χ2n) is 13.1. The van der Waals surface area contributed by atoms with Crippen molar-refractivity contribution in [1.29, 1.82) is 0 Å². The highest BCUT2D eigenvalue weighted by Crippen LogP contribution is 2.39. The Balaban J connectivity index is 1.05. The van der Waals surface area contributed by atoms with Crippen molar-refractivity contribution in [2.24, 2.45) is 0 Å². The third kappa shape index (κ3) is 5.40. The molecule has 0 amide bonds. The predicted molar refractivity (Wildman–Crippen MR) is 195 cm³/mol. The molecule has 0 atom stereocenters. The zero-order chi connectivity index (χ0) is 32.0.